The zero-order chi connectivity index (χ0) is 10.3. The molecule has 0 heterocycles. The molecule has 0 atom stereocenters. The number of hydrogen-bond acceptors (Lipinski definition) is 1. The van der Waals surface area contributed by atoms with Crippen molar-refractivity contribution in [2.45, 2.75) is 20.3 Å². The van der Waals surface area contributed by atoms with Crippen LogP contribution < -0.4 is 5.73 Å². The zero-order valence-corrected chi connectivity index (χ0v) is 7.97. The van der Waals surface area contributed by atoms with E-state index in [-0.39, 0.29) is 18.1 Å². The molecule has 0 aromatic heterocycles. The molecule has 1 aromatic rings. The molecule has 3 N–H and O–H groups in total. The molecule has 72 valence electrons. The van der Waals surface area contributed by atoms with Gasteiger partial charge in [-0.25, -0.2) is 4.39 Å². The lowest BCUT2D eigenvalue weighted by molar-refractivity contribution is 0.616. The number of halogens is 1. The molecule has 0 fully saturated rings. The van der Waals surface area contributed by atoms with Crippen LogP contribution in [0.5, 0.6) is 0 Å². The number of amidine groups is 1. The van der Waals surface area contributed by atoms with Gasteiger partial charge in [0.15, 0.2) is 0 Å². The van der Waals surface area contributed by atoms with Gasteiger partial charge < -0.3 is 5.73 Å². The minimum Gasteiger partial charge on any atom is -0.387 e. The molecule has 0 bridgehead atoms. The Morgan fingerprint density at radius 3 is 2.38 bits per heavy atom. The van der Waals surface area contributed by atoms with Gasteiger partial charge in [-0.05, 0) is 11.6 Å². The second kappa shape index (κ2) is 6.17. The lowest BCUT2D eigenvalue weighted by Crippen LogP contribution is -2.13. The molecule has 3 heteroatoms. The molecule has 0 saturated carbocycles. The highest BCUT2D eigenvalue weighted by Crippen LogP contribution is 2.05. The summed E-state index contributed by atoms with van der Waals surface area (Å²) in [5.41, 5.74) is 5.58. The lowest BCUT2D eigenvalue weighted by Gasteiger charge is -1.99. The van der Waals surface area contributed by atoms with Crippen molar-refractivity contribution in [3.8, 4) is 0 Å². The summed E-state index contributed by atoms with van der Waals surface area (Å²) in [6, 6.07) is 6.31. The van der Waals surface area contributed by atoms with Gasteiger partial charge in [0.25, 0.3) is 0 Å². The minimum atomic E-state index is -0.303. The lowest BCUT2D eigenvalue weighted by atomic mass is 10.1. The number of hydrogen-bond donors (Lipinski definition) is 2. The highest BCUT2D eigenvalue weighted by atomic mass is 19.1. The molecule has 1 aromatic carbocycles. The average molecular weight is 182 g/mol. The molecule has 0 aliphatic carbocycles. The van der Waals surface area contributed by atoms with Crippen LogP contribution in [0.1, 0.15) is 19.4 Å². The first-order valence-electron chi connectivity index (χ1n) is 4.26. The molecule has 0 saturated heterocycles. The van der Waals surface area contributed by atoms with E-state index < -0.39 is 0 Å². The van der Waals surface area contributed by atoms with E-state index >= 15 is 0 Å². The third kappa shape index (κ3) is 4.25. The second-order valence-corrected chi connectivity index (χ2v) is 2.29. The predicted molar refractivity (Wildman–Crippen MR) is 53.4 cm³/mol. The van der Waals surface area contributed by atoms with Crippen LogP contribution in [0.15, 0.2) is 24.3 Å². The first kappa shape index (κ1) is 11.6. The van der Waals surface area contributed by atoms with Gasteiger partial charge in [-0.1, -0.05) is 32.0 Å². The van der Waals surface area contributed by atoms with Crippen LogP contribution in [-0.4, -0.2) is 5.84 Å². The number of rotatable bonds is 2. The van der Waals surface area contributed by atoms with Crippen LogP contribution in [0.3, 0.4) is 0 Å². The van der Waals surface area contributed by atoms with Crippen molar-refractivity contribution in [2.24, 2.45) is 5.73 Å². The van der Waals surface area contributed by atoms with E-state index in [0.717, 1.165) is 0 Å². The van der Waals surface area contributed by atoms with Gasteiger partial charge in [-0.2, -0.15) is 0 Å². The van der Waals surface area contributed by atoms with Gasteiger partial charge in [0.05, 0.1) is 5.84 Å². The Labute approximate surface area is 78.1 Å². The maximum atomic E-state index is 12.8. The quantitative estimate of drug-likeness (QED) is 0.535. The highest BCUT2D eigenvalue weighted by molar-refractivity contribution is 5.79. The van der Waals surface area contributed by atoms with E-state index in [1.165, 1.54) is 6.07 Å². The van der Waals surface area contributed by atoms with Gasteiger partial charge in [-0.15, -0.1) is 0 Å². The van der Waals surface area contributed by atoms with Gasteiger partial charge in [-0.3, -0.25) is 5.41 Å². The normalized spacial score (nSPS) is 8.54. The van der Waals surface area contributed by atoms with E-state index in [1.54, 1.807) is 18.2 Å². The van der Waals surface area contributed by atoms with Crippen molar-refractivity contribution in [1.29, 1.82) is 5.41 Å². The Kier molecular flexibility index (Phi) is 5.52. The van der Waals surface area contributed by atoms with Crippen LogP contribution in [0.2, 0.25) is 0 Å². The molecule has 0 radical (unpaired) electrons. The summed E-state index contributed by atoms with van der Waals surface area (Å²) < 4.78 is 12.8. The molecule has 0 amide bonds. The largest absolute Gasteiger partial charge is 0.387 e. The predicted octanol–water partition coefficient (Wildman–Crippen LogP) is 2.33. The maximum Gasteiger partial charge on any atom is 0.126 e. The third-order valence-electron chi connectivity index (χ3n) is 1.34. The molecule has 2 nitrogen and oxygen atoms in total. The van der Waals surface area contributed by atoms with Gasteiger partial charge in [0.2, 0.25) is 0 Å². The first-order valence-corrected chi connectivity index (χ1v) is 4.26. The fourth-order valence-electron chi connectivity index (χ4n) is 0.847. The number of nitrogens with two attached hydrogens (primary N) is 1. The molecule has 0 unspecified atom stereocenters. The Morgan fingerprint density at radius 2 is 1.92 bits per heavy atom. The summed E-state index contributed by atoms with van der Waals surface area (Å²) >= 11 is 0. The van der Waals surface area contributed by atoms with Crippen molar-refractivity contribution >= 4 is 5.84 Å². The van der Waals surface area contributed by atoms with E-state index in [9.17, 15) is 4.39 Å². The van der Waals surface area contributed by atoms with Crippen LogP contribution in [0.4, 0.5) is 4.39 Å². The number of nitrogens with one attached hydrogen (secondary N) is 1. The summed E-state index contributed by atoms with van der Waals surface area (Å²) in [4.78, 5) is 0. The summed E-state index contributed by atoms with van der Waals surface area (Å²) in [6.45, 7) is 4.00. The molecular formula is C10H15FN2. The Hall–Kier alpha value is -1.38. The maximum absolute atomic E-state index is 12.8. The van der Waals surface area contributed by atoms with Crippen LogP contribution >= 0.6 is 0 Å². The van der Waals surface area contributed by atoms with Crippen LogP contribution in [0.25, 0.3) is 0 Å². The molecule has 0 aliphatic heterocycles. The van der Waals surface area contributed by atoms with E-state index in [4.69, 9.17) is 11.1 Å². The van der Waals surface area contributed by atoms with Crippen molar-refractivity contribution < 1.29 is 4.39 Å². The van der Waals surface area contributed by atoms with Gasteiger partial charge in [0, 0.05) is 6.42 Å². The van der Waals surface area contributed by atoms with Crippen molar-refractivity contribution in [3.05, 3.63) is 35.6 Å². The number of benzene rings is 1. The first-order chi connectivity index (χ1) is 6.20. The Morgan fingerprint density at radius 1 is 1.38 bits per heavy atom. The van der Waals surface area contributed by atoms with E-state index in [2.05, 4.69) is 0 Å². The Bertz CT molecular complexity index is 271. The average Bonchev–Trinajstić information content (AvgIpc) is 2.12. The van der Waals surface area contributed by atoms with Crippen molar-refractivity contribution in [1.82, 2.24) is 0 Å². The smallest absolute Gasteiger partial charge is 0.126 e. The summed E-state index contributed by atoms with van der Waals surface area (Å²) in [5.74, 6) is -0.321. The molecule has 13 heavy (non-hydrogen) atoms. The summed E-state index contributed by atoms with van der Waals surface area (Å²) in [5, 5.41) is 6.94. The van der Waals surface area contributed by atoms with Crippen molar-refractivity contribution in [3.63, 3.8) is 0 Å². The zero-order valence-electron chi connectivity index (χ0n) is 7.97. The fraction of sp³-hybridized carbons (Fsp3) is 0.300. The third-order valence-corrected chi connectivity index (χ3v) is 1.34. The minimum absolute atomic E-state index is 0.0184. The van der Waals surface area contributed by atoms with Gasteiger partial charge >= 0.3 is 0 Å². The molecular weight excluding hydrogens is 167 g/mol. The summed E-state index contributed by atoms with van der Waals surface area (Å²) in [6.07, 6.45) is 0.187. The molecule has 1 rings (SSSR count). The van der Waals surface area contributed by atoms with E-state index in [0.29, 0.717) is 5.56 Å². The SMILES string of the molecule is CC.N=C(N)Cc1ccccc1F. The Balaban J connectivity index is 0.000000671. The van der Waals surface area contributed by atoms with Crippen LogP contribution in [-0.2, 0) is 6.42 Å². The fourth-order valence-corrected chi connectivity index (χ4v) is 0.847. The topological polar surface area (TPSA) is 49.9 Å². The standard InChI is InChI=1S/C8H9FN2.C2H6/c9-7-4-2-1-3-6(7)5-8(10)11;1-2/h1-4H,5H2,(H3,10,11);1-2H3. The van der Waals surface area contributed by atoms with Crippen molar-refractivity contribution in [2.75, 3.05) is 0 Å². The second-order valence-electron chi connectivity index (χ2n) is 2.29. The monoisotopic (exact) mass is 182 g/mol. The molecule has 0 spiro atoms. The molecule has 0 aliphatic rings. The van der Waals surface area contributed by atoms with E-state index in [1.807, 2.05) is 13.8 Å². The summed E-state index contributed by atoms with van der Waals surface area (Å²) in [7, 11) is 0. The van der Waals surface area contributed by atoms with Crippen LogP contribution in [0, 0.1) is 11.2 Å². The highest BCUT2D eigenvalue weighted by Gasteiger charge is 2.00. The van der Waals surface area contributed by atoms with Gasteiger partial charge in [0.1, 0.15) is 5.82 Å².